The number of piperidine rings is 1. The number of nitrogens with zero attached hydrogens (tertiary/aromatic N) is 1. The SMILES string of the molecule is CC(C)C(C)NC(=O)C1CCCCN1C(=O)c1cccs1. The lowest BCUT2D eigenvalue weighted by molar-refractivity contribution is -0.127. The van der Waals surface area contributed by atoms with Gasteiger partial charge in [0.15, 0.2) is 0 Å². The molecule has 2 unspecified atom stereocenters. The fourth-order valence-electron chi connectivity index (χ4n) is 2.48. The molecule has 0 bridgehead atoms. The quantitative estimate of drug-likeness (QED) is 0.930. The fraction of sp³-hybridized carbons (Fsp3) is 0.625. The molecule has 4 nitrogen and oxygen atoms in total. The van der Waals surface area contributed by atoms with Crippen molar-refractivity contribution in [1.29, 1.82) is 0 Å². The van der Waals surface area contributed by atoms with Crippen LogP contribution in [-0.2, 0) is 4.79 Å². The number of nitrogens with one attached hydrogen (secondary N) is 1. The topological polar surface area (TPSA) is 49.4 Å². The van der Waals surface area contributed by atoms with Gasteiger partial charge >= 0.3 is 0 Å². The van der Waals surface area contributed by atoms with E-state index in [4.69, 9.17) is 0 Å². The molecular formula is C16H24N2O2S. The summed E-state index contributed by atoms with van der Waals surface area (Å²) in [6.45, 7) is 6.85. The smallest absolute Gasteiger partial charge is 0.264 e. The fourth-order valence-corrected chi connectivity index (χ4v) is 3.16. The minimum atomic E-state index is -0.324. The highest BCUT2D eigenvalue weighted by atomic mass is 32.1. The predicted molar refractivity (Wildman–Crippen MR) is 85.4 cm³/mol. The third kappa shape index (κ3) is 3.84. The van der Waals surface area contributed by atoms with Crippen LogP contribution in [0.15, 0.2) is 17.5 Å². The first-order chi connectivity index (χ1) is 10.0. The number of carbonyl (C=O) groups excluding carboxylic acids is 2. The highest BCUT2D eigenvalue weighted by Crippen LogP contribution is 2.22. The number of thiophene rings is 1. The van der Waals surface area contributed by atoms with E-state index in [-0.39, 0.29) is 23.9 Å². The first-order valence-electron chi connectivity index (χ1n) is 7.65. The summed E-state index contributed by atoms with van der Waals surface area (Å²) in [7, 11) is 0. The molecule has 1 aliphatic heterocycles. The van der Waals surface area contributed by atoms with E-state index < -0.39 is 0 Å². The van der Waals surface area contributed by atoms with Crippen molar-refractivity contribution < 1.29 is 9.59 Å². The summed E-state index contributed by atoms with van der Waals surface area (Å²) in [6.07, 6.45) is 2.73. The van der Waals surface area contributed by atoms with Crippen LogP contribution in [-0.4, -0.2) is 35.3 Å². The van der Waals surface area contributed by atoms with Crippen LogP contribution in [0.4, 0.5) is 0 Å². The molecule has 1 aliphatic rings. The molecule has 1 N–H and O–H groups in total. The maximum atomic E-state index is 12.6. The van der Waals surface area contributed by atoms with Crippen LogP contribution in [0.25, 0.3) is 0 Å². The van der Waals surface area contributed by atoms with Crippen molar-refractivity contribution in [2.45, 2.75) is 52.1 Å². The largest absolute Gasteiger partial charge is 0.352 e. The summed E-state index contributed by atoms with van der Waals surface area (Å²) >= 11 is 1.43. The second-order valence-electron chi connectivity index (χ2n) is 6.03. The molecule has 1 saturated heterocycles. The van der Waals surface area contributed by atoms with Gasteiger partial charge in [-0.15, -0.1) is 11.3 Å². The highest BCUT2D eigenvalue weighted by molar-refractivity contribution is 7.12. The molecule has 2 amide bonds. The number of likely N-dealkylation sites (tertiary alicyclic amines) is 1. The second-order valence-corrected chi connectivity index (χ2v) is 6.98. The summed E-state index contributed by atoms with van der Waals surface area (Å²) in [6, 6.07) is 3.50. The van der Waals surface area contributed by atoms with E-state index in [0.29, 0.717) is 17.3 Å². The monoisotopic (exact) mass is 308 g/mol. The van der Waals surface area contributed by atoms with Crippen molar-refractivity contribution in [2.24, 2.45) is 5.92 Å². The minimum Gasteiger partial charge on any atom is -0.352 e. The van der Waals surface area contributed by atoms with E-state index in [1.165, 1.54) is 11.3 Å². The minimum absolute atomic E-state index is 0.0120. The van der Waals surface area contributed by atoms with Crippen LogP contribution < -0.4 is 5.32 Å². The summed E-state index contributed by atoms with van der Waals surface area (Å²) in [5.41, 5.74) is 0. The first-order valence-corrected chi connectivity index (χ1v) is 8.53. The lowest BCUT2D eigenvalue weighted by Gasteiger charge is -2.35. The molecule has 2 rings (SSSR count). The van der Waals surface area contributed by atoms with E-state index in [9.17, 15) is 9.59 Å². The molecule has 1 fully saturated rings. The standard InChI is InChI=1S/C16H24N2O2S/c1-11(2)12(3)17-15(19)13-7-4-5-9-18(13)16(20)14-8-6-10-21-14/h6,8,10-13H,4-5,7,9H2,1-3H3,(H,17,19). The molecule has 0 aromatic carbocycles. The molecular weight excluding hydrogens is 284 g/mol. The maximum absolute atomic E-state index is 12.6. The molecule has 1 aromatic rings. The van der Waals surface area contributed by atoms with E-state index in [2.05, 4.69) is 19.2 Å². The Hall–Kier alpha value is -1.36. The Bertz CT molecular complexity index is 484. The van der Waals surface area contributed by atoms with Gasteiger partial charge in [0.1, 0.15) is 6.04 Å². The molecule has 0 saturated carbocycles. The predicted octanol–water partition coefficient (Wildman–Crippen LogP) is 2.90. The van der Waals surface area contributed by atoms with Gasteiger partial charge in [0.2, 0.25) is 5.91 Å². The average molecular weight is 308 g/mol. The molecule has 116 valence electrons. The summed E-state index contributed by atoms with van der Waals surface area (Å²) in [5.74, 6) is 0.363. The lowest BCUT2D eigenvalue weighted by atomic mass is 9.99. The van der Waals surface area contributed by atoms with Gasteiger partial charge in [0.25, 0.3) is 5.91 Å². The van der Waals surface area contributed by atoms with Crippen molar-refractivity contribution in [1.82, 2.24) is 10.2 Å². The van der Waals surface area contributed by atoms with E-state index in [1.807, 2.05) is 24.4 Å². The molecule has 2 heterocycles. The van der Waals surface area contributed by atoms with Gasteiger partial charge in [0, 0.05) is 12.6 Å². The van der Waals surface area contributed by atoms with Crippen molar-refractivity contribution in [3.05, 3.63) is 22.4 Å². The normalized spacial score (nSPS) is 20.4. The third-order valence-electron chi connectivity index (χ3n) is 4.17. The van der Waals surface area contributed by atoms with Crippen molar-refractivity contribution in [3.63, 3.8) is 0 Å². The van der Waals surface area contributed by atoms with Gasteiger partial charge in [-0.2, -0.15) is 0 Å². The molecule has 5 heteroatoms. The second kappa shape index (κ2) is 7.07. The number of rotatable bonds is 4. The third-order valence-corrected chi connectivity index (χ3v) is 5.03. The Kier molecular flexibility index (Phi) is 5.39. The molecule has 0 radical (unpaired) electrons. The molecule has 0 aliphatic carbocycles. The Morgan fingerprint density at radius 3 is 2.71 bits per heavy atom. The van der Waals surface area contributed by atoms with Crippen molar-refractivity contribution in [2.75, 3.05) is 6.54 Å². The number of carbonyl (C=O) groups is 2. The van der Waals surface area contributed by atoms with Crippen molar-refractivity contribution >= 4 is 23.2 Å². The number of hydrogen-bond acceptors (Lipinski definition) is 3. The average Bonchev–Trinajstić information content (AvgIpc) is 3.00. The zero-order valence-electron chi connectivity index (χ0n) is 13.0. The molecule has 1 aromatic heterocycles. The number of amides is 2. The zero-order valence-corrected chi connectivity index (χ0v) is 13.8. The molecule has 0 spiro atoms. The van der Waals surface area contributed by atoms with Crippen LogP contribution in [0, 0.1) is 5.92 Å². The Labute approximate surface area is 130 Å². The summed E-state index contributed by atoms with van der Waals surface area (Å²) in [5, 5.41) is 4.95. The number of hydrogen-bond donors (Lipinski definition) is 1. The van der Waals surface area contributed by atoms with Gasteiger partial charge < -0.3 is 10.2 Å². The highest BCUT2D eigenvalue weighted by Gasteiger charge is 2.33. The summed E-state index contributed by atoms with van der Waals surface area (Å²) < 4.78 is 0. The zero-order chi connectivity index (χ0) is 15.4. The van der Waals surface area contributed by atoms with Gasteiger partial charge in [0.05, 0.1) is 4.88 Å². The van der Waals surface area contributed by atoms with Gasteiger partial charge in [-0.25, -0.2) is 0 Å². The first kappa shape index (κ1) is 16.0. The lowest BCUT2D eigenvalue weighted by Crippen LogP contribution is -2.53. The van der Waals surface area contributed by atoms with Gasteiger partial charge in [-0.3, -0.25) is 9.59 Å². The van der Waals surface area contributed by atoms with Gasteiger partial charge in [-0.1, -0.05) is 19.9 Å². The van der Waals surface area contributed by atoms with E-state index in [1.54, 1.807) is 4.90 Å². The Morgan fingerprint density at radius 1 is 1.33 bits per heavy atom. The Balaban J connectivity index is 2.08. The molecule has 21 heavy (non-hydrogen) atoms. The van der Waals surface area contributed by atoms with Gasteiger partial charge in [-0.05, 0) is 43.6 Å². The maximum Gasteiger partial charge on any atom is 0.264 e. The van der Waals surface area contributed by atoms with E-state index in [0.717, 1.165) is 19.3 Å². The van der Waals surface area contributed by atoms with Crippen LogP contribution >= 0.6 is 11.3 Å². The van der Waals surface area contributed by atoms with Crippen LogP contribution in [0.2, 0.25) is 0 Å². The van der Waals surface area contributed by atoms with Crippen molar-refractivity contribution in [3.8, 4) is 0 Å². The Morgan fingerprint density at radius 2 is 2.10 bits per heavy atom. The van der Waals surface area contributed by atoms with Crippen LogP contribution in [0.5, 0.6) is 0 Å². The van der Waals surface area contributed by atoms with Crippen LogP contribution in [0.3, 0.4) is 0 Å². The van der Waals surface area contributed by atoms with E-state index >= 15 is 0 Å². The molecule has 2 atom stereocenters. The van der Waals surface area contributed by atoms with Crippen LogP contribution in [0.1, 0.15) is 49.7 Å². The summed E-state index contributed by atoms with van der Waals surface area (Å²) in [4.78, 5) is 27.5.